The van der Waals surface area contributed by atoms with Crippen LogP contribution in [-0.2, 0) is 0 Å². The van der Waals surface area contributed by atoms with Gasteiger partial charge in [-0.3, -0.25) is 4.98 Å². The third-order valence-corrected chi connectivity index (χ3v) is 2.95. The standard InChI is InChI=1S/C14H13BrN2/c1-11(12-3-2-8-16-10-12)9-17-14-6-4-13(15)5-7-14/h2-8,10,17H,1,9H2. The number of aromatic nitrogens is 1. The van der Waals surface area contributed by atoms with Crippen LogP contribution in [0.5, 0.6) is 0 Å². The van der Waals surface area contributed by atoms with Crippen molar-refractivity contribution >= 4 is 27.2 Å². The molecule has 0 bridgehead atoms. The van der Waals surface area contributed by atoms with E-state index in [1.807, 2.05) is 42.6 Å². The van der Waals surface area contributed by atoms with Gasteiger partial charge in [-0.1, -0.05) is 28.6 Å². The van der Waals surface area contributed by atoms with Crippen LogP contribution in [0, 0.1) is 0 Å². The topological polar surface area (TPSA) is 24.9 Å². The molecule has 0 unspecified atom stereocenters. The fourth-order valence-corrected chi connectivity index (χ4v) is 1.71. The smallest absolute Gasteiger partial charge is 0.0401 e. The molecule has 2 nitrogen and oxygen atoms in total. The molecule has 1 heterocycles. The van der Waals surface area contributed by atoms with E-state index in [1.165, 1.54) is 0 Å². The highest BCUT2D eigenvalue weighted by molar-refractivity contribution is 9.10. The summed E-state index contributed by atoms with van der Waals surface area (Å²) in [5.41, 5.74) is 3.18. The lowest BCUT2D eigenvalue weighted by Crippen LogP contribution is -2.03. The van der Waals surface area contributed by atoms with Crippen LogP contribution in [-0.4, -0.2) is 11.5 Å². The molecule has 2 aromatic rings. The Morgan fingerprint density at radius 1 is 1.24 bits per heavy atom. The van der Waals surface area contributed by atoms with Gasteiger partial charge in [-0.05, 0) is 41.5 Å². The molecule has 0 aliphatic carbocycles. The molecule has 0 atom stereocenters. The van der Waals surface area contributed by atoms with Crippen molar-refractivity contribution in [2.24, 2.45) is 0 Å². The van der Waals surface area contributed by atoms with Crippen LogP contribution >= 0.6 is 15.9 Å². The van der Waals surface area contributed by atoms with Crippen LogP contribution in [0.3, 0.4) is 0 Å². The van der Waals surface area contributed by atoms with Crippen molar-refractivity contribution in [2.45, 2.75) is 0 Å². The third kappa shape index (κ3) is 3.43. The monoisotopic (exact) mass is 288 g/mol. The van der Waals surface area contributed by atoms with Crippen LogP contribution < -0.4 is 5.32 Å². The number of rotatable bonds is 4. The van der Waals surface area contributed by atoms with E-state index in [2.05, 4.69) is 32.8 Å². The Kier molecular flexibility index (Phi) is 3.94. The Morgan fingerprint density at radius 3 is 2.65 bits per heavy atom. The van der Waals surface area contributed by atoms with Gasteiger partial charge in [0.1, 0.15) is 0 Å². The molecule has 17 heavy (non-hydrogen) atoms. The molecular weight excluding hydrogens is 276 g/mol. The zero-order valence-corrected chi connectivity index (χ0v) is 10.9. The van der Waals surface area contributed by atoms with Gasteiger partial charge in [0, 0.05) is 29.1 Å². The summed E-state index contributed by atoms with van der Waals surface area (Å²) in [6.45, 7) is 4.76. The lowest BCUT2D eigenvalue weighted by Gasteiger charge is -2.08. The second kappa shape index (κ2) is 5.64. The fraction of sp³-hybridized carbons (Fsp3) is 0.0714. The van der Waals surface area contributed by atoms with E-state index in [0.29, 0.717) is 6.54 Å². The number of nitrogens with one attached hydrogen (secondary N) is 1. The quantitative estimate of drug-likeness (QED) is 0.921. The number of pyridine rings is 1. The Balaban J connectivity index is 1.95. The Bertz CT molecular complexity index is 491. The summed E-state index contributed by atoms with van der Waals surface area (Å²) in [6, 6.07) is 12.0. The van der Waals surface area contributed by atoms with Gasteiger partial charge in [0.2, 0.25) is 0 Å². The number of benzene rings is 1. The van der Waals surface area contributed by atoms with Crippen LogP contribution in [0.4, 0.5) is 5.69 Å². The number of nitrogens with zero attached hydrogens (tertiary/aromatic N) is 1. The first-order chi connectivity index (χ1) is 8.25. The molecule has 86 valence electrons. The molecule has 0 fully saturated rings. The van der Waals surface area contributed by atoms with Crippen LogP contribution in [0.2, 0.25) is 0 Å². The van der Waals surface area contributed by atoms with E-state index in [9.17, 15) is 0 Å². The minimum atomic E-state index is 0.716. The van der Waals surface area contributed by atoms with Gasteiger partial charge < -0.3 is 5.32 Å². The van der Waals surface area contributed by atoms with Crippen LogP contribution in [0.25, 0.3) is 5.57 Å². The molecule has 0 radical (unpaired) electrons. The van der Waals surface area contributed by atoms with Crippen molar-refractivity contribution in [3.8, 4) is 0 Å². The van der Waals surface area contributed by atoms with Crippen molar-refractivity contribution in [3.05, 3.63) is 65.4 Å². The minimum Gasteiger partial charge on any atom is -0.381 e. The van der Waals surface area contributed by atoms with E-state index in [-0.39, 0.29) is 0 Å². The first-order valence-corrected chi connectivity index (χ1v) is 6.12. The number of hydrogen-bond acceptors (Lipinski definition) is 2. The minimum absolute atomic E-state index is 0.716. The van der Waals surface area contributed by atoms with Gasteiger partial charge in [-0.2, -0.15) is 0 Å². The highest BCUT2D eigenvalue weighted by Crippen LogP contribution is 2.16. The van der Waals surface area contributed by atoms with Gasteiger partial charge in [-0.15, -0.1) is 0 Å². The summed E-state index contributed by atoms with van der Waals surface area (Å²) in [7, 11) is 0. The largest absolute Gasteiger partial charge is 0.381 e. The summed E-state index contributed by atoms with van der Waals surface area (Å²) in [4.78, 5) is 4.08. The number of hydrogen-bond donors (Lipinski definition) is 1. The van der Waals surface area contributed by atoms with Gasteiger partial charge in [0.25, 0.3) is 0 Å². The molecule has 1 N–H and O–H groups in total. The Hall–Kier alpha value is -1.61. The first kappa shape index (κ1) is 11.9. The lowest BCUT2D eigenvalue weighted by atomic mass is 10.1. The van der Waals surface area contributed by atoms with Crippen molar-refractivity contribution in [1.82, 2.24) is 4.98 Å². The Labute approximate surface area is 110 Å². The van der Waals surface area contributed by atoms with E-state index in [4.69, 9.17) is 0 Å². The summed E-state index contributed by atoms with van der Waals surface area (Å²) in [5, 5.41) is 3.32. The summed E-state index contributed by atoms with van der Waals surface area (Å²) < 4.78 is 1.08. The van der Waals surface area contributed by atoms with E-state index >= 15 is 0 Å². The zero-order chi connectivity index (χ0) is 12.1. The van der Waals surface area contributed by atoms with Crippen molar-refractivity contribution < 1.29 is 0 Å². The van der Waals surface area contributed by atoms with Crippen molar-refractivity contribution in [1.29, 1.82) is 0 Å². The van der Waals surface area contributed by atoms with Crippen molar-refractivity contribution in [3.63, 3.8) is 0 Å². The van der Waals surface area contributed by atoms with E-state index in [0.717, 1.165) is 21.3 Å². The molecule has 0 aliphatic rings. The second-order valence-corrected chi connectivity index (χ2v) is 4.62. The fourth-order valence-electron chi connectivity index (χ4n) is 1.45. The Morgan fingerprint density at radius 2 is 2.00 bits per heavy atom. The molecule has 3 heteroatoms. The summed E-state index contributed by atoms with van der Waals surface area (Å²) in [5.74, 6) is 0. The SMILES string of the molecule is C=C(CNc1ccc(Br)cc1)c1cccnc1. The average molecular weight is 289 g/mol. The molecule has 0 saturated heterocycles. The predicted molar refractivity (Wildman–Crippen MR) is 75.9 cm³/mol. The number of halogens is 1. The molecule has 0 spiro atoms. The molecule has 0 saturated carbocycles. The maximum atomic E-state index is 4.08. The molecular formula is C14H13BrN2. The highest BCUT2D eigenvalue weighted by Gasteiger charge is 1.98. The molecule has 0 amide bonds. The van der Waals surface area contributed by atoms with Gasteiger partial charge in [-0.25, -0.2) is 0 Å². The first-order valence-electron chi connectivity index (χ1n) is 5.33. The normalized spacial score (nSPS) is 9.94. The molecule has 1 aromatic carbocycles. The highest BCUT2D eigenvalue weighted by atomic mass is 79.9. The maximum Gasteiger partial charge on any atom is 0.0401 e. The molecule has 2 rings (SSSR count). The summed E-state index contributed by atoms with van der Waals surface area (Å²) >= 11 is 3.41. The third-order valence-electron chi connectivity index (χ3n) is 2.42. The predicted octanol–water partition coefficient (Wildman–Crippen LogP) is 3.97. The lowest BCUT2D eigenvalue weighted by molar-refractivity contribution is 1.28. The van der Waals surface area contributed by atoms with Gasteiger partial charge in [0.05, 0.1) is 0 Å². The van der Waals surface area contributed by atoms with Crippen LogP contribution in [0.1, 0.15) is 5.56 Å². The van der Waals surface area contributed by atoms with E-state index < -0.39 is 0 Å². The second-order valence-electron chi connectivity index (χ2n) is 3.71. The average Bonchev–Trinajstić information content (AvgIpc) is 2.39. The van der Waals surface area contributed by atoms with Gasteiger partial charge >= 0.3 is 0 Å². The van der Waals surface area contributed by atoms with Gasteiger partial charge in [0.15, 0.2) is 0 Å². The molecule has 1 aromatic heterocycles. The molecule has 0 aliphatic heterocycles. The van der Waals surface area contributed by atoms with Crippen LogP contribution in [0.15, 0.2) is 59.8 Å². The zero-order valence-electron chi connectivity index (χ0n) is 9.36. The van der Waals surface area contributed by atoms with E-state index in [1.54, 1.807) is 6.20 Å². The number of anilines is 1. The summed E-state index contributed by atoms with van der Waals surface area (Å²) in [6.07, 6.45) is 3.59. The van der Waals surface area contributed by atoms with Crippen molar-refractivity contribution in [2.75, 3.05) is 11.9 Å². The maximum absolute atomic E-state index is 4.08.